The fraction of sp³-hybridized carbons (Fsp3) is 0.700. The highest BCUT2D eigenvalue weighted by Gasteiger charge is 2.15. The van der Waals surface area contributed by atoms with Crippen molar-refractivity contribution in [3.05, 3.63) is 12.2 Å². The molecular weight excluding hydrogens is 168 g/mol. The summed E-state index contributed by atoms with van der Waals surface area (Å²) in [5.41, 5.74) is 0. The Kier molecular flexibility index (Phi) is 4.30. The van der Waals surface area contributed by atoms with Crippen molar-refractivity contribution in [3.63, 3.8) is 0 Å². The van der Waals surface area contributed by atoms with Crippen LogP contribution in [-0.4, -0.2) is 11.2 Å². The van der Waals surface area contributed by atoms with E-state index in [1.165, 1.54) is 6.42 Å². The van der Waals surface area contributed by atoms with Crippen LogP contribution < -0.4 is 0 Å². The summed E-state index contributed by atoms with van der Waals surface area (Å²) < 4.78 is 5.51. The van der Waals surface area contributed by atoms with Gasteiger partial charge in [0.2, 0.25) is 0 Å². The van der Waals surface area contributed by atoms with E-state index in [4.69, 9.17) is 17.0 Å². The van der Waals surface area contributed by atoms with Crippen LogP contribution in [0.4, 0.5) is 0 Å². The zero-order valence-electron chi connectivity index (χ0n) is 7.58. The second-order valence-corrected chi connectivity index (χ2v) is 3.57. The minimum atomic E-state index is 0.356. The van der Waals surface area contributed by atoms with Gasteiger partial charge in [-0.25, -0.2) is 0 Å². The third-order valence-corrected chi connectivity index (χ3v) is 2.31. The predicted molar refractivity (Wildman–Crippen MR) is 55.4 cm³/mol. The van der Waals surface area contributed by atoms with Crippen LogP contribution in [0.15, 0.2) is 12.2 Å². The lowest BCUT2D eigenvalue weighted by Crippen LogP contribution is -2.21. The van der Waals surface area contributed by atoms with Crippen LogP contribution in [0, 0.1) is 0 Å². The SMILES string of the molecule is CC/C=C\C[C@@H]1CCCC(=S)O1. The van der Waals surface area contributed by atoms with E-state index >= 15 is 0 Å². The van der Waals surface area contributed by atoms with Crippen LogP contribution in [0.25, 0.3) is 0 Å². The highest BCUT2D eigenvalue weighted by Crippen LogP contribution is 2.18. The molecule has 0 spiro atoms. The molecule has 1 saturated heterocycles. The Bertz CT molecular complexity index is 175. The minimum absolute atomic E-state index is 0.356. The van der Waals surface area contributed by atoms with Crippen molar-refractivity contribution in [2.45, 2.75) is 45.1 Å². The van der Waals surface area contributed by atoms with Crippen LogP contribution in [0.1, 0.15) is 39.0 Å². The Morgan fingerprint density at radius 1 is 1.58 bits per heavy atom. The molecule has 1 nitrogen and oxygen atoms in total. The Balaban J connectivity index is 2.22. The van der Waals surface area contributed by atoms with Gasteiger partial charge in [0.15, 0.2) is 5.05 Å². The molecule has 0 aromatic heterocycles. The van der Waals surface area contributed by atoms with Crippen molar-refractivity contribution < 1.29 is 4.74 Å². The molecular formula is C10H16OS. The first kappa shape index (κ1) is 9.72. The van der Waals surface area contributed by atoms with E-state index in [2.05, 4.69) is 19.1 Å². The molecule has 1 aliphatic heterocycles. The van der Waals surface area contributed by atoms with E-state index in [9.17, 15) is 0 Å². The van der Waals surface area contributed by atoms with Gasteiger partial charge >= 0.3 is 0 Å². The molecule has 0 bridgehead atoms. The smallest absolute Gasteiger partial charge is 0.160 e. The third kappa shape index (κ3) is 3.35. The zero-order chi connectivity index (χ0) is 8.81. The Morgan fingerprint density at radius 2 is 2.42 bits per heavy atom. The summed E-state index contributed by atoms with van der Waals surface area (Å²) >= 11 is 5.02. The summed E-state index contributed by atoms with van der Waals surface area (Å²) in [6, 6.07) is 0. The second-order valence-electron chi connectivity index (χ2n) is 3.12. The van der Waals surface area contributed by atoms with Gasteiger partial charge in [0, 0.05) is 12.8 Å². The Morgan fingerprint density at radius 3 is 3.08 bits per heavy atom. The minimum Gasteiger partial charge on any atom is -0.484 e. The van der Waals surface area contributed by atoms with Crippen molar-refractivity contribution in [1.29, 1.82) is 0 Å². The van der Waals surface area contributed by atoms with Crippen LogP contribution in [0.3, 0.4) is 0 Å². The number of ether oxygens (including phenoxy) is 1. The molecule has 0 aromatic rings. The van der Waals surface area contributed by atoms with Gasteiger partial charge in [0.25, 0.3) is 0 Å². The standard InChI is InChI=1S/C10H16OS/c1-2-3-4-6-9-7-5-8-10(12)11-9/h3-4,9H,2,5-8H2,1H3/b4-3-/t9-/m1/s1. The largest absolute Gasteiger partial charge is 0.484 e. The van der Waals surface area contributed by atoms with Gasteiger partial charge in [-0.2, -0.15) is 0 Å². The van der Waals surface area contributed by atoms with E-state index in [-0.39, 0.29) is 0 Å². The van der Waals surface area contributed by atoms with E-state index < -0.39 is 0 Å². The quantitative estimate of drug-likeness (QED) is 0.492. The molecule has 0 unspecified atom stereocenters. The molecule has 1 heterocycles. The van der Waals surface area contributed by atoms with Gasteiger partial charge in [-0.15, -0.1) is 0 Å². The van der Waals surface area contributed by atoms with Gasteiger partial charge in [-0.3, -0.25) is 0 Å². The molecule has 1 atom stereocenters. The topological polar surface area (TPSA) is 9.23 Å². The predicted octanol–water partition coefficient (Wildman–Crippen LogP) is 3.24. The van der Waals surface area contributed by atoms with E-state index in [0.29, 0.717) is 6.10 Å². The summed E-state index contributed by atoms with van der Waals surface area (Å²) in [7, 11) is 0. The van der Waals surface area contributed by atoms with E-state index in [1.54, 1.807) is 0 Å². The monoisotopic (exact) mass is 184 g/mol. The first-order chi connectivity index (χ1) is 5.83. The van der Waals surface area contributed by atoms with Crippen molar-refractivity contribution in [1.82, 2.24) is 0 Å². The summed E-state index contributed by atoms with van der Waals surface area (Å²) in [6.07, 6.45) is 10.2. The maximum absolute atomic E-state index is 5.51. The van der Waals surface area contributed by atoms with Crippen molar-refractivity contribution in [3.8, 4) is 0 Å². The van der Waals surface area contributed by atoms with Gasteiger partial charge in [-0.1, -0.05) is 19.1 Å². The number of thiocarbonyl (C=S) groups is 1. The maximum atomic E-state index is 5.51. The zero-order valence-corrected chi connectivity index (χ0v) is 8.40. The molecule has 0 aromatic carbocycles. The lowest BCUT2D eigenvalue weighted by Gasteiger charge is -2.22. The summed E-state index contributed by atoms with van der Waals surface area (Å²) in [4.78, 5) is 0. The molecule has 68 valence electrons. The molecule has 1 rings (SSSR count). The second kappa shape index (κ2) is 5.31. The van der Waals surface area contributed by atoms with Gasteiger partial charge in [-0.05, 0) is 31.5 Å². The molecule has 2 heteroatoms. The fourth-order valence-corrected chi connectivity index (χ4v) is 1.64. The van der Waals surface area contributed by atoms with Gasteiger partial charge in [0.05, 0.1) is 0 Å². The number of rotatable bonds is 3. The number of hydrogen-bond donors (Lipinski definition) is 0. The fourth-order valence-electron chi connectivity index (χ4n) is 1.36. The lowest BCUT2D eigenvalue weighted by atomic mass is 10.1. The average molecular weight is 184 g/mol. The van der Waals surface area contributed by atoms with Crippen molar-refractivity contribution in [2.24, 2.45) is 0 Å². The van der Waals surface area contributed by atoms with Crippen LogP contribution >= 0.6 is 12.2 Å². The highest BCUT2D eigenvalue weighted by molar-refractivity contribution is 7.80. The van der Waals surface area contributed by atoms with E-state index in [0.717, 1.165) is 30.7 Å². The molecule has 1 fully saturated rings. The summed E-state index contributed by atoms with van der Waals surface area (Å²) in [6.45, 7) is 2.14. The van der Waals surface area contributed by atoms with Crippen LogP contribution in [0.5, 0.6) is 0 Å². The number of hydrogen-bond acceptors (Lipinski definition) is 2. The molecule has 12 heavy (non-hydrogen) atoms. The third-order valence-electron chi connectivity index (χ3n) is 2.01. The normalized spacial score (nSPS) is 24.4. The summed E-state index contributed by atoms with van der Waals surface area (Å²) in [5.74, 6) is 0. The van der Waals surface area contributed by atoms with E-state index in [1.807, 2.05) is 0 Å². The van der Waals surface area contributed by atoms with Crippen LogP contribution in [0.2, 0.25) is 0 Å². The first-order valence-electron chi connectivity index (χ1n) is 4.67. The molecule has 1 aliphatic rings. The average Bonchev–Trinajstić information content (AvgIpc) is 2.05. The lowest BCUT2D eigenvalue weighted by molar-refractivity contribution is 0.158. The Labute approximate surface area is 79.8 Å². The highest BCUT2D eigenvalue weighted by atomic mass is 32.1. The van der Waals surface area contributed by atoms with Crippen LogP contribution in [-0.2, 0) is 4.74 Å². The van der Waals surface area contributed by atoms with Crippen molar-refractivity contribution in [2.75, 3.05) is 0 Å². The number of allylic oxidation sites excluding steroid dienone is 1. The molecule has 0 aliphatic carbocycles. The molecule has 0 N–H and O–H groups in total. The van der Waals surface area contributed by atoms with Gasteiger partial charge < -0.3 is 4.74 Å². The summed E-state index contributed by atoms with van der Waals surface area (Å²) in [5, 5.41) is 0.802. The first-order valence-corrected chi connectivity index (χ1v) is 5.08. The molecule has 0 saturated carbocycles. The molecule has 0 amide bonds. The maximum Gasteiger partial charge on any atom is 0.160 e. The van der Waals surface area contributed by atoms with Gasteiger partial charge in [0.1, 0.15) is 6.10 Å². The Hall–Kier alpha value is -0.370. The van der Waals surface area contributed by atoms with Crippen molar-refractivity contribution >= 4 is 17.3 Å². The molecule has 0 radical (unpaired) electrons.